The number of rotatable bonds is 3. The molecule has 1 aromatic rings. The largest absolute Gasteiger partial charge is 0.497 e. The molecule has 2 aliphatic rings. The Labute approximate surface area is 123 Å². The van der Waals surface area contributed by atoms with Crippen LogP contribution in [0.4, 0.5) is 0 Å². The van der Waals surface area contributed by atoms with E-state index in [4.69, 9.17) is 18.9 Å². The third-order valence-corrected chi connectivity index (χ3v) is 3.82. The van der Waals surface area contributed by atoms with Gasteiger partial charge >= 0.3 is 0 Å². The van der Waals surface area contributed by atoms with Crippen LogP contribution < -0.4 is 4.74 Å². The highest BCUT2D eigenvalue weighted by Gasteiger charge is 2.56. The summed E-state index contributed by atoms with van der Waals surface area (Å²) in [6.45, 7) is 3.52. The molecule has 2 N–H and O–H groups in total. The lowest BCUT2D eigenvalue weighted by Gasteiger charge is -2.26. The Morgan fingerprint density at radius 3 is 2.43 bits per heavy atom. The van der Waals surface area contributed by atoms with E-state index >= 15 is 0 Å². The summed E-state index contributed by atoms with van der Waals surface area (Å²) in [7, 11) is 1.58. The van der Waals surface area contributed by atoms with Crippen molar-refractivity contribution in [2.75, 3.05) is 7.11 Å². The number of benzene rings is 1. The lowest BCUT2D eigenvalue weighted by Crippen LogP contribution is -2.37. The summed E-state index contributed by atoms with van der Waals surface area (Å²) in [5.41, 5.74) is 0.638. The lowest BCUT2D eigenvalue weighted by molar-refractivity contribution is -0.226. The van der Waals surface area contributed by atoms with Crippen LogP contribution in [0.3, 0.4) is 0 Å². The number of fused-ring (bicyclic) bond motifs is 1. The number of aliphatic hydroxyl groups excluding tert-OH is 2. The summed E-state index contributed by atoms with van der Waals surface area (Å²) in [5, 5.41) is 20.7. The fraction of sp³-hybridized carbons (Fsp3) is 0.600. The molecule has 2 aliphatic heterocycles. The lowest BCUT2D eigenvalue weighted by atomic mass is 9.99. The summed E-state index contributed by atoms with van der Waals surface area (Å²) < 4.78 is 21.9. The van der Waals surface area contributed by atoms with E-state index in [0.717, 1.165) is 0 Å². The van der Waals surface area contributed by atoms with E-state index in [0.29, 0.717) is 11.3 Å². The first-order valence-electron chi connectivity index (χ1n) is 6.92. The minimum atomic E-state index is -0.966. The van der Waals surface area contributed by atoms with Gasteiger partial charge in [-0.1, -0.05) is 12.1 Å². The van der Waals surface area contributed by atoms with Gasteiger partial charge in [0, 0.05) is 0 Å². The van der Waals surface area contributed by atoms with E-state index in [-0.39, 0.29) is 0 Å². The molecular weight excluding hydrogens is 276 g/mol. The highest BCUT2D eigenvalue weighted by atomic mass is 16.8. The number of hydrogen-bond donors (Lipinski definition) is 2. The van der Waals surface area contributed by atoms with Gasteiger partial charge in [-0.25, -0.2) is 0 Å². The molecule has 0 spiro atoms. The van der Waals surface area contributed by atoms with Crippen LogP contribution in [-0.2, 0) is 14.2 Å². The van der Waals surface area contributed by atoms with Crippen LogP contribution in [0, 0.1) is 0 Å². The van der Waals surface area contributed by atoms with E-state index in [1.54, 1.807) is 45.2 Å². The van der Waals surface area contributed by atoms with Crippen LogP contribution in [0.1, 0.15) is 25.5 Å². The molecule has 0 aromatic heterocycles. The number of ether oxygens (including phenoxy) is 4. The van der Waals surface area contributed by atoms with Crippen molar-refractivity contribution in [1.82, 2.24) is 0 Å². The van der Waals surface area contributed by atoms with Crippen molar-refractivity contribution in [1.29, 1.82) is 0 Å². The first-order valence-corrected chi connectivity index (χ1v) is 6.92. The fourth-order valence-corrected chi connectivity index (χ4v) is 2.77. The Balaban J connectivity index is 1.73. The second-order valence-electron chi connectivity index (χ2n) is 5.78. The number of aliphatic hydroxyl groups is 2. The van der Waals surface area contributed by atoms with Gasteiger partial charge in [-0.05, 0) is 31.5 Å². The van der Waals surface area contributed by atoms with Gasteiger partial charge in [-0.15, -0.1) is 0 Å². The van der Waals surface area contributed by atoms with Gasteiger partial charge in [-0.2, -0.15) is 0 Å². The molecule has 2 saturated heterocycles. The summed E-state index contributed by atoms with van der Waals surface area (Å²) in [5.74, 6) is -0.0871. The molecule has 116 valence electrons. The zero-order valence-corrected chi connectivity index (χ0v) is 12.2. The molecule has 3 rings (SSSR count). The molecule has 6 nitrogen and oxygen atoms in total. The molecule has 0 unspecified atom stereocenters. The van der Waals surface area contributed by atoms with E-state index in [1.807, 2.05) is 0 Å². The maximum atomic E-state index is 10.4. The Hall–Kier alpha value is -1.18. The standard InChI is InChI=1S/C15H20O6/c1-15(2)20-13-11(17)12(19-14(13)21-15)10(16)8-4-6-9(18-3)7-5-8/h4-7,10-14,16-17H,1-3H3/t10-,11+,12-,13-,14-/m1/s1. The topological polar surface area (TPSA) is 77.4 Å². The number of methoxy groups -OCH3 is 1. The Morgan fingerprint density at radius 1 is 1.19 bits per heavy atom. The van der Waals surface area contributed by atoms with E-state index in [2.05, 4.69) is 0 Å². The van der Waals surface area contributed by atoms with Gasteiger partial charge in [0.2, 0.25) is 0 Å². The molecule has 21 heavy (non-hydrogen) atoms. The van der Waals surface area contributed by atoms with Crippen molar-refractivity contribution in [3.05, 3.63) is 29.8 Å². The third-order valence-electron chi connectivity index (χ3n) is 3.82. The van der Waals surface area contributed by atoms with Crippen LogP contribution in [0.15, 0.2) is 24.3 Å². The first kappa shape index (κ1) is 14.7. The van der Waals surface area contributed by atoms with Crippen molar-refractivity contribution in [2.45, 2.75) is 50.3 Å². The smallest absolute Gasteiger partial charge is 0.190 e. The van der Waals surface area contributed by atoms with Crippen molar-refractivity contribution >= 4 is 0 Å². The second-order valence-corrected chi connectivity index (χ2v) is 5.78. The van der Waals surface area contributed by atoms with Crippen molar-refractivity contribution in [2.24, 2.45) is 0 Å². The Morgan fingerprint density at radius 2 is 1.86 bits per heavy atom. The monoisotopic (exact) mass is 296 g/mol. The van der Waals surface area contributed by atoms with Crippen molar-refractivity contribution in [3.8, 4) is 5.75 Å². The molecule has 1 aromatic carbocycles. The molecule has 0 amide bonds. The third kappa shape index (κ3) is 2.65. The van der Waals surface area contributed by atoms with Crippen LogP contribution in [0.5, 0.6) is 5.75 Å². The molecule has 5 atom stereocenters. The van der Waals surface area contributed by atoms with E-state index in [1.165, 1.54) is 0 Å². The molecular formula is C15H20O6. The van der Waals surface area contributed by atoms with Gasteiger partial charge in [0.25, 0.3) is 0 Å². The SMILES string of the molecule is COc1ccc([C@@H](O)[C@H]2O[C@@H]3OC(C)(C)O[C@@H]3[C@H]2O)cc1. The highest BCUT2D eigenvalue weighted by molar-refractivity contribution is 5.29. The zero-order chi connectivity index (χ0) is 15.2. The summed E-state index contributed by atoms with van der Waals surface area (Å²) in [4.78, 5) is 0. The predicted molar refractivity (Wildman–Crippen MR) is 72.7 cm³/mol. The summed E-state index contributed by atoms with van der Waals surface area (Å²) >= 11 is 0. The average Bonchev–Trinajstić information content (AvgIpc) is 2.92. The first-order chi connectivity index (χ1) is 9.91. The summed E-state index contributed by atoms with van der Waals surface area (Å²) in [6, 6.07) is 6.96. The maximum absolute atomic E-state index is 10.4. The highest BCUT2D eigenvalue weighted by Crippen LogP contribution is 2.40. The molecule has 0 aliphatic carbocycles. The van der Waals surface area contributed by atoms with Crippen LogP contribution in [0.2, 0.25) is 0 Å². The molecule has 0 saturated carbocycles. The summed E-state index contributed by atoms with van der Waals surface area (Å²) in [6.07, 6.45) is -3.95. The normalized spacial score (nSPS) is 35.5. The van der Waals surface area contributed by atoms with Crippen LogP contribution in [-0.4, -0.2) is 47.7 Å². The minimum absolute atomic E-state index is 0.585. The quantitative estimate of drug-likeness (QED) is 0.865. The molecule has 2 fully saturated rings. The van der Waals surface area contributed by atoms with E-state index in [9.17, 15) is 10.2 Å². The van der Waals surface area contributed by atoms with Gasteiger partial charge in [0.15, 0.2) is 12.1 Å². The molecule has 0 radical (unpaired) electrons. The molecule has 2 heterocycles. The second kappa shape index (κ2) is 5.23. The Bertz CT molecular complexity index is 499. The van der Waals surface area contributed by atoms with Crippen molar-refractivity contribution < 1.29 is 29.2 Å². The minimum Gasteiger partial charge on any atom is -0.497 e. The zero-order valence-electron chi connectivity index (χ0n) is 12.2. The fourth-order valence-electron chi connectivity index (χ4n) is 2.77. The number of hydrogen-bond acceptors (Lipinski definition) is 6. The van der Waals surface area contributed by atoms with Gasteiger partial charge in [0.1, 0.15) is 30.2 Å². The average molecular weight is 296 g/mol. The van der Waals surface area contributed by atoms with E-state index < -0.39 is 36.5 Å². The molecule has 0 bridgehead atoms. The van der Waals surface area contributed by atoms with Gasteiger partial charge < -0.3 is 29.2 Å². The van der Waals surface area contributed by atoms with Crippen molar-refractivity contribution in [3.63, 3.8) is 0 Å². The van der Waals surface area contributed by atoms with Gasteiger partial charge in [0.05, 0.1) is 7.11 Å². The maximum Gasteiger partial charge on any atom is 0.190 e. The van der Waals surface area contributed by atoms with Crippen LogP contribution in [0.25, 0.3) is 0 Å². The predicted octanol–water partition coefficient (Wildman–Crippen LogP) is 0.966. The molecule has 6 heteroatoms. The van der Waals surface area contributed by atoms with Crippen LogP contribution >= 0.6 is 0 Å². The van der Waals surface area contributed by atoms with Gasteiger partial charge in [-0.3, -0.25) is 0 Å². The Kier molecular flexibility index (Phi) is 3.67.